The molecule has 16 heavy (non-hydrogen) atoms. The Kier molecular flexibility index (Phi) is 2.81. The molecule has 0 aliphatic carbocycles. The Morgan fingerprint density at radius 3 is 3.06 bits per heavy atom. The number of ether oxygens (including phenoxy) is 1. The first-order valence-corrected chi connectivity index (χ1v) is 6.25. The molecule has 3 rings (SSSR count). The largest absolute Gasteiger partial charge is 0.379 e. The van der Waals surface area contributed by atoms with Crippen molar-refractivity contribution in [2.75, 3.05) is 32.8 Å². The van der Waals surface area contributed by atoms with Crippen LogP contribution in [-0.2, 0) is 11.2 Å². The fraction of sp³-hybridized carbons (Fsp3) is 0.667. The number of nitrogens with zero attached hydrogens (tertiary/aromatic N) is 5. The van der Waals surface area contributed by atoms with E-state index in [0.717, 1.165) is 50.1 Å². The van der Waals surface area contributed by atoms with Crippen LogP contribution in [0.3, 0.4) is 0 Å². The molecule has 0 saturated carbocycles. The van der Waals surface area contributed by atoms with Gasteiger partial charge >= 0.3 is 0 Å². The fourth-order valence-electron chi connectivity index (χ4n) is 1.84. The number of morpholine rings is 1. The number of aromatic nitrogens is 4. The lowest BCUT2D eigenvalue weighted by molar-refractivity contribution is 0.0382. The van der Waals surface area contributed by atoms with Crippen LogP contribution in [0.2, 0.25) is 0 Å². The Morgan fingerprint density at radius 1 is 1.31 bits per heavy atom. The van der Waals surface area contributed by atoms with Gasteiger partial charge in [0.05, 0.1) is 13.2 Å². The highest BCUT2D eigenvalue weighted by molar-refractivity contribution is 7.14. The number of hydrogen-bond acceptors (Lipinski definition) is 6. The molecule has 7 heteroatoms. The summed E-state index contributed by atoms with van der Waals surface area (Å²) in [4.78, 5) is 3.26. The first-order valence-electron chi connectivity index (χ1n) is 5.37. The smallest absolute Gasteiger partial charge is 0.234 e. The highest BCUT2D eigenvalue weighted by atomic mass is 32.1. The number of fused-ring (bicyclic) bond motifs is 1. The van der Waals surface area contributed by atoms with Gasteiger partial charge in [0.15, 0.2) is 5.82 Å². The Bertz CT molecular complexity index is 461. The van der Waals surface area contributed by atoms with E-state index in [1.54, 1.807) is 5.51 Å². The van der Waals surface area contributed by atoms with Crippen LogP contribution in [-0.4, -0.2) is 57.6 Å². The SMILES string of the molecule is c1nn2c(CCN3CCOCC3)nnc2s1. The molecule has 0 amide bonds. The molecule has 0 unspecified atom stereocenters. The second-order valence-corrected chi connectivity index (χ2v) is 4.57. The van der Waals surface area contributed by atoms with Gasteiger partial charge in [-0.25, -0.2) is 0 Å². The van der Waals surface area contributed by atoms with Crippen LogP contribution >= 0.6 is 11.3 Å². The summed E-state index contributed by atoms with van der Waals surface area (Å²) in [5.74, 6) is 0.947. The normalized spacial score (nSPS) is 18.2. The van der Waals surface area contributed by atoms with Gasteiger partial charge in [0.1, 0.15) is 5.51 Å². The van der Waals surface area contributed by atoms with E-state index in [9.17, 15) is 0 Å². The summed E-state index contributed by atoms with van der Waals surface area (Å²) < 4.78 is 7.13. The van der Waals surface area contributed by atoms with Crippen molar-refractivity contribution < 1.29 is 4.74 Å². The molecule has 1 saturated heterocycles. The molecule has 6 nitrogen and oxygen atoms in total. The Hall–Kier alpha value is -1.05. The molecule has 0 aromatic carbocycles. The maximum Gasteiger partial charge on any atom is 0.234 e. The van der Waals surface area contributed by atoms with E-state index >= 15 is 0 Å². The lowest BCUT2D eigenvalue weighted by atomic mass is 10.3. The maximum absolute atomic E-state index is 5.31. The van der Waals surface area contributed by atoms with Crippen LogP contribution in [0.4, 0.5) is 0 Å². The van der Waals surface area contributed by atoms with Crippen LogP contribution in [0.5, 0.6) is 0 Å². The lowest BCUT2D eigenvalue weighted by Crippen LogP contribution is -2.37. The van der Waals surface area contributed by atoms with Gasteiger partial charge in [-0.2, -0.15) is 9.61 Å². The molecule has 1 fully saturated rings. The highest BCUT2D eigenvalue weighted by Gasteiger charge is 2.13. The zero-order valence-electron chi connectivity index (χ0n) is 8.87. The summed E-state index contributed by atoms with van der Waals surface area (Å²) in [6, 6.07) is 0. The molecular weight excluding hydrogens is 226 g/mol. The van der Waals surface area contributed by atoms with Crippen molar-refractivity contribution in [3.63, 3.8) is 0 Å². The second kappa shape index (κ2) is 4.44. The summed E-state index contributed by atoms with van der Waals surface area (Å²) in [5, 5.41) is 12.4. The van der Waals surface area contributed by atoms with Crippen molar-refractivity contribution in [1.29, 1.82) is 0 Å². The van der Waals surface area contributed by atoms with Crippen molar-refractivity contribution in [1.82, 2.24) is 24.7 Å². The molecule has 1 aliphatic heterocycles. The Morgan fingerprint density at radius 2 is 2.19 bits per heavy atom. The Labute approximate surface area is 96.8 Å². The second-order valence-electron chi connectivity index (χ2n) is 3.75. The van der Waals surface area contributed by atoms with Crippen LogP contribution in [0.25, 0.3) is 4.96 Å². The number of rotatable bonds is 3. The molecule has 2 aromatic rings. The van der Waals surface area contributed by atoms with Gasteiger partial charge in [0.25, 0.3) is 0 Å². The standard InChI is InChI=1S/C9H13N5OS/c1(2-13-3-5-15-6-4-13)8-11-12-9-14(8)10-7-16-9/h7H,1-6H2. The van der Waals surface area contributed by atoms with Crippen molar-refractivity contribution >= 4 is 16.3 Å². The van der Waals surface area contributed by atoms with Crippen LogP contribution < -0.4 is 0 Å². The lowest BCUT2D eigenvalue weighted by Gasteiger charge is -2.25. The van der Waals surface area contributed by atoms with Gasteiger partial charge in [-0.1, -0.05) is 11.3 Å². The third kappa shape index (κ3) is 1.93. The van der Waals surface area contributed by atoms with Gasteiger partial charge in [-0.15, -0.1) is 10.2 Å². The first-order chi connectivity index (χ1) is 7.93. The molecule has 3 heterocycles. The minimum absolute atomic E-state index is 0.839. The summed E-state index contributed by atoms with van der Waals surface area (Å²) in [6.07, 6.45) is 0.894. The van der Waals surface area contributed by atoms with E-state index in [2.05, 4.69) is 20.2 Å². The third-order valence-corrected chi connectivity index (χ3v) is 3.42. The number of hydrogen-bond donors (Lipinski definition) is 0. The quantitative estimate of drug-likeness (QED) is 0.758. The van der Waals surface area contributed by atoms with Crippen LogP contribution in [0, 0.1) is 0 Å². The van der Waals surface area contributed by atoms with Gasteiger partial charge in [0, 0.05) is 26.1 Å². The van der Waals surface area contributed by atoms with Gasteiger partial charge in [0.2, 0.25) is 4.96 Å². The van der Waals surface area contributed by atoms with Gasteiger partial charge in [-0.05, 0) is 0 Å². The van der Waals surface area contributed by atoms with Gasteiger partial charge in [-0.3, -0.25) is 4.90 Å². The minimum atomic E-state index is 0.839. The van der Waals surface area contributed by atoms with E-state index in [0.29, 0.717) is 0 Å². The molecule has 0 atom stereocenters. The molecule has 86 valence electrons. The Balaban J connectivity index is 1.64. The minimum Gasteiger partial charge on any atom is -0.379 e. The van der Waals surface area contributed by atoms with Crippen molar-refractivity contribution in [3.05, 3.63) is 11.3 Å². The maximum atomic E-state index is 5.31. The molecule has 0 radical (unpaired) electrons. The zero-order valence-corrected chi connectivity index (χ0v) is 9.69. The third-order valence-electron chi connectivity index (χ3n) is 2.75. The predicted octanol–water partition coefficient (Wildman–Crippen LogP) is 0.0605. The molecule has 1 aliphatic rings. The summed E-state index contributed by atoms with van der Waals surface area (Å²) in [5.41, 5.74) is 1.79. The average Bonchev–Trinajstić information content (AvgIpc) is 2.90. The molecule has 0 N–H and O–H groups in total. The topological polar surface area (TPSA) is 55.5 Å². The van der Waals surface area contributed by atoms with Crippen molar-refractivity contribution in [2.45, 2.75) is 6.42 Å². The summed E-state index contributed by atoms with van der Waals surface area (Å²) in [6.45, 7) is 4.71. The van der Waals surface area contributed by atoms with Crippen LogP contribution in [0.1, 0.15) is 5.82 Å². The monoisotopic (exact) mass is 239 g/mol. The van der Waals surface area contributed by atoms with E-state index in [1.165, 1.54) is 11.3 Å². The van der Waals surface area contributed by atoms with E-state index in [-0.39, 0.29) is 0 Å². The van der Waals surface area contributed by atoms with Crippen molar-refractivity contribution in [2.24, 2.45) is 0 Å². The van der Waals surface area contributed by atoms with Crippen LogP contribution in [0.15, 0.2) is 5.51 Å². The first kappa shape index (κ1) is 10.1. The summed E-state index contributed by atoms with van der Waals surface area (Å²) >= 11 is 1.51. The van der Waals surface area contributed by atoms with Crippen molar-refractivity contribution in [3.8, 4) is 0 Å². The molecular formula is C9H13N5OS. The molecule has 0 spiro atoms. The highest BCUT2D eigenvalue weighted by Crippen LogP contribution is 2.08. The zero-order chi connectivity index (χ0) is 10.8. The van der Waals surface area contributed by atoms with E-state index in [1.807, 2.05) is 4.52 Å². The average molecular weight is 239 g/mol. The molecule has 2 aromatic heterocycles. The predicted molar refractivity (Wildman–Crippen MR) is 59.6 cm³/mol. The summed E-state index contributed by atoms with van der Waals surface area (Å²) in [7, 11) is 0. The fourth-order valence-corrected chi connectivity index (χ4v) is 2.42. The van der Waals surface area contributed by atoms with E-state index in [4.69, 9.17) is 4.74 Å². The molecule has 0 bridgehead atoms. The van der Waals surface area contributed by atoms with Gasteiger partial charge < -0.3 is 4.74 Å². The van der Waals surface area contributed by atoms with E-state index < -0.39 is 0 Å².